The fourth-order valence-electron chi connectivity index (χ4n) is 1.46. The molecule has 0 heterocycles. The van der Waals surface area contributed by atoms with E-state index in [0.717, 1.165) is 0 Å². The van der Waals surface area contributed by atoms with Gasteiger partial charge in [-0.05, 0) is 12.1 Å². The summed E-state index contributed by atoms with van der Waals surface area (Å²) >= 11 is 17.5. The zero-order valence-corrected chi connectivity index (χ0v) is 11.2. The molecule has 1 rings (SSSR count). The van der Waals surface area contributed by atoms with E-state index in [9.17, 15) is 8.78 Å². The topological polar surface area (TPSA) is 3.24 Å². The second kappa shape index (κ2) is 7.37. The molecule has 6 heteroatoms. The molecule has 0 radical (unpaired) electrons. The number of alkyl halides is 3. The number of hydrogen-bond donors (Lipinski definition) is 0. The second-order valence-electron chi connectivity index (χ2n) is 3.52. The van der Waals surface area contributed by atoms with Crippen molar-refractivity contribution < 1.29 is 8.78 Å². The Morgan fingerprint density at radius 3 is 2.24 bits per heavy atom. The van der Waals surface area contributed by atoms with E-state index in [1.165, 1.54) is 4.90 Å². The van der Waals surface area contributed by atoms with Crippen molar-refractivity contribution >= 4 is 34.8 Å². The highest BCUT2D eigenvalue weighted by molar-refractivity contribution is 6.35. The highest BCUT2D eigenvalue weighted by Gasteiger charge is 2.15. The van der Waals surface area contributed by atoms with Crippen molar-refractivity contribution in [3.63, 3.8) is 0 Å². The Bertz CT molecular complexity index is 340. The molecule has 0 aliphatic heterocycles. The van der Waals surface area contributed by atoms with Gasteiger partial charge in [0.25, 0.3) is 6.43 Å². The van der Waals surface area contributed by atoms with E-state index in [1.807, 2.05) is 0 Å². The van der Waals surface area contributed by atoms with E-state index in [1.54, 1.807) is 18.2 Å². The number of rotatable bonds is 6. The van der Waals surface area contributed by atoms with Crippen LogP contribution in [0.25, 0.3) is 0 Å². The molecule has 96 valence electrons. The Morgan fingerprint density at radius 2 is 1.76 bits per heavy atom. The van der Waals surface area contributed by atoms with Crippen LogP contribution in [0.4, 0.5) is 8.78 Å². The third-order valence-electron chi connectivity index (χ3n) is 2.24. The van der Waals surface area contributed by atoms with E-state index >= 15 is 0 Å². The van der Waals surface area contributed by atoms with Crippen LogP contribution < -0.4 is 0 Å². The number of benzene rings is 1. The minimum Gasteiger partial charge on any atom is -0.292 e. The molecule has 0 fully saturated rings. The van der Waals surface area contributed by atoms with Crippen molar-refractivity contribution in [2.45, 2.75) is 13.0 Å². The first-order chi connectivity index (χ1) is 8.04. The van der Waals surface area contributed by atoms with Crippen molar-refractivity contribution in [3.8, 4) is 0 Å². The van der Waals surface area contributed by atoms with Gasteiger partial charge in [0.05, 0.1) is 6.54 Å². The summed E-state index contributed by atoms with van der Waals surface area (Å²) in [5.41, 5.74) is 0.654. The number of nitrogens with zero attached hydrogens (tertiary/aromatic N) is 1. The summed E-state index contributed by atoms with van der Waals surface area (Å²) in [6.07, 6.45) is -2.40. The van der Waals surface area contributed by atoms with E-state index in [4.69, 9.17) is 34.8 Å². The molecule has 0 aliphatic rings. The normalized spacial score (nSPS) is 11.5. The lowest BCUT2D eigenvalue weighted by Gasteiger charge is -2.21. The van der Waals surface area contributed by atoms with Crippen molar-refractivity contribution in [1.29, 1.82) is 0 Å². The Kier molecular flexibility index (Phi) is 6.49. The SMILES string of the molecule is FC(F)CN(CCCl)Cc1c(Cl)cccc1Cl. The van der Waals surface area contributed by atoms with Crippen LogP contribution in [0.5, 0.6) is 0 Å². The van der Waals surface area contributed by atoms with Crippen molar-refractivity contribution in [1.82, 2.24) is 4.90 Å². The summed E-state index contributed by atoms with van der Waals surface area (Å²) < 4.78 is 24.7. The van der Waals surface area contributed by atoms with Gasteiger partial charge in [-0.15, -0.1) is 11.6 Å². The van der Waals surface area contributed by atoms with Crippen LogP contribution in [0.1, 0.15) is 5.56 Å². The predicted octanol–water partition coefficient (Wildman–Crippen LogP) is 4.30. The third-order valence-corrected chi connectivity index (χ3v) is 3.12. The molecular formula is C11H12Cl3F2N. The van der Waals surface area contributed by atoms with Gasteiger partial charge in [0.1, 0.15) is 0 Å². The van der Waals surface area contributed by atoms with Crippen LogP contribution in [0.3, 0.4) is 0 Å². The number of halogens is 5. The first-order valence-corrected chi connectivity index (χ1v) is 6.33. The average molecular weight is 303 g/mol. The van der Waals surface area contributed by atoms with Gasteiger partial charge in [-0.25, -0.2) is 8.78 Å². The molecule has 0 atom stereocenters. The number of hydrogen-bond acceptors (Lipinski definition) is 1. The molecule has 17 heavy (non-hydrogen) atoms. The fraction of sp³-hybridized carbons (Fsp3) is 0.455. The lowest BCUT2D eigenvalue weighted by molar-refractivity contribution is 0.0879. The molecular weight excluding hydrogens is 290 g/mol. The fourth-order valence-corrected chi connectivity index (χ4v) is 2.21. The lowest BCUT2D eigenvalue weighted by atomic mass is 10.2. The Morgan fingerprint density at radius 1 is 1.18 bits per heavy atom. The van der Waals surface area contributed by atoms with E-state index in [-0.39, 0.29) is 19.0 Å². The molecule has 0 amide bonds. The molecule has 0 aromatic heterocycles. The monoisotopic (exact) mass is 301 g/mol. The minimum atomic E-state index is -2.40. The van der Waals surface area contributed by atoms with Crippen molar-refractivity contribution in [3.05, 3.63) is 33.8 Å². The van der Waals surface area contributed by atoms with Gasteiger partial charge >= 0.3 is 0 Å². The molecule has 0 N–H and O–H groups in total. The highest BCUT2D eigenvalue weighted by Crippen LogP contribution is 2.25. The molecule has 0 bridgehead atoms. The van der Waals surface area contributed by atoms with Crippen LogP contribution >= 0.6 is 34.8 Å². The Labute approximate surface area is 114 Å². The standard InChI is InChI=1S/C11H12Cl3F2N/c12-4-5-17(7-11(15)16)6-8-9(13)2-1-3-10(8)14/h1-3,11H,4-7H2. The van der Waals surface area contributed by atoms with Crippen LogP contribution in [-0.4, -0.2) is 30.3 Å². The third kappa shape index (κ3) is 4.96. The maximum Gasteiger partial charge on any atom is 0.251 e. The molecule has 1 aromatic rings. The van der Waals surface area contributed by atoms with Gasteiger partial charge in [-0.1, -0.05) is 29.3 Å². The molecule has 0 unspecified atom stereocenters. The predicted molar refractivity (Wildman–Crippen MR) is 68.5 cm³/mol. The summed E-state index contributed by atoms with van der Waals surface area (Å²) in [5.74, 6) is 0.286. The maximum atomic E-state index is 12.4. The van der Waals surface area contributed by atoms with Gasteiger partial charge in [0.15, 0.2) is 0 Å². The largest absolute Gasteiger partial charge is 0.292 e. The first-order valence-electron chi connectivity index (χ1n) is 5.04. The molecule has 0 saturated heterocycles. The lowest BCUT2D eigenvalue weighted by Crippen LogP contribution is -2.30. The van der Waals surface area contributed by atoms with Gasteiger partial charge in [-0.3, -0.25) is 4.90 Å². The quantitative estimate of drug-likeness (QED) is 0.708. The molecule has 0 aliphatic carbocycles. The average Bonchev–Trinajstić information content (AvgIpc) is 2.23. The molecule has 0 spiro atoms. The summed E-state index contributed by atoms with van der Waals surface area (Å²) in [6, 6.07) is 5.08. The Hall–Kier alpha value is -0.0900. The van der Waals surface area contributed by atoms with Crippen LogP contribution in [0, 0.1) is 0 Å². The van der Waals surface area contributed by atoms with E-state index in [2.05, 4.69) is 0 Å². The molecule has 1 aromatic carbocycles. The van der Waals surface area contributed by atoms with Crippen molar-refractivity contribution in [2.75, 3.05) is 19.0 Å². The zero-order chi connectivity index (χ0) is 12.8. The molecule has 1 nitrogen and oxygen atoms in total. The van der Waals surface area contributed by atoms with E-state index in [0.29, 0.717) is 22.2 Å². The minimum absolute atomic E-state index is 0.273. The van der Waals surface area contributed by atoms with Crippen LogP contribution in [-0.2, 0) is 6.54 Å². The Balaban J connectivity index is 2.78. The summed E-state index contributed by atoms with van der Waals surface area (Å²) in [7, 11) is 0. The second-order valence-corrected chi connectivity index (χ2v) is 4.71. The van der Waals surface area contributed by atoms with E-state index < -0.39 is 6.43 Å². The summed E-state index contributed by atoms with van der Waals surface area (Å²) in [5, 5.41) is 0.956. The summed E-state index contributed by atoms with van der Waals surface area (Å²) in [6.45, 7) is 0.303. The maximum absolute atomic E-state index is 12.4. The van der Waals surface area contributed by atoms with Gasteiger partial charge < -0.3 is 0 Å². The highest BCUT2D eigenvalue weighted by atomic mass is 35.5. The van der Waals surface area contributed by atoms with Gasteiger partial charge in [-0.2, -0.15) is 0 Å². The molecule has 0 saturated carbocycles. The summed E-state index contributed by atoms with van der Waals surface area (Å²) in [4.78, 5) is 1.53. The first kappa shape index (κ1) is 15.0. The van der Waals surface area contributed by atoms with Crippen molar-refractivity contribution in [2.24, 2.45) is 0 Å². The van der Waals surface area contributed by atoms with Crippen LogP contribution in [0.15, 0.2) is 18.2 Å². The van der Waals surface area contributed by atoms with Gasteiger partial charge in [0, 0.05) is 34.6 Å². The smallest absolute Gasteiger partial charge is 0.251 e. The zero-order valence-electron chi connectivity index (χ0n) is 8.97. The van der Waals surface area contributed by atoms with Crippen LogP contribution in [0.2, 0.25) is 10.0 Å². The van der Waals surface area contributed by atoms with Gasteiger partial charge in [0.2, 0.25) is 0 Å².